The number of aryl methyl sites for hydroxylation is 1. The third-order valence-electron chi connectivity index (χ3n) is 5.34. The molecule has 1 aromatic heterocycles. The molecule has 31 heavy (non-hydrogen) atoms. The maximum absolute atomic E-state index is 13.0. The highest BCUT2D eigenvalue weighted by molar-refractivity contribution is 5.82. The van der Waals surface area contributed by atoms with Gasteiger partial charge in [0.05, 0.1) is 13.2 Å². The normalized spacial score (nSPS) is 13.1. The Kier molecular flexibility index (Phi) is 7.07. The van der Waals surface area contributed by atoms with E-state index in [4.69, 9.17) is 9.15 Å². The summed E-state index contributed by atoms with van der Waals surface area (Å²) in [6, 6.07) is 10.6. The number of rotatable bonds is 8. The van der Waals surface area contributed by atoms with Gasteiger partial charge in [0.15, 0.2) is 0 Å². The van der Waals surface area contributed by atoms with Gasteiger partial charge in [0.2, 0.25) is 5.91 Å². The van der Waals surface area contributed by atoms with Gasteiger partial charge in [-0.2, -0.15) is 0 Å². The van der Waals surface area contributed by atoms with Crippen LogP contribution in [0.4, 0.5) is 4.39 Å². The van der Waals surface area contributed by atoms with Crippen molar-refractivity contribution in [1.29, 1.82) is 0 Å². The van der Waals surface area contributed by atoms with Gasteiger partial charge in [-0.3, -0.25) is 4.79 Å². The Morgan fingerprint density at radius 1 is 1.23 bits per heavy atom. The van der Waals surface area contributed by atoms with E-state index in [0.717, 1.165) is 10.9 Å². The molecule has 0 aliphatic heterocycles. The molecule has 3 rings (SSSR count). The summed E-state index contributed by atoms with van der Waals surface area (Å²) in [7, 11) is 1.54. The zero-order valence-electron chi connectivity index (χ0n) is 17.8. The van der Waals surface area contributed by atoms with Crippen molar-refractivity contribution in [2.75, 3.05) is 7.11 Å². The van der Waals surface area contributed by atoms with Crippen LogP contribution in [0.2, 0.25) is 0 Å². The minimum Gasteiger partial charge on any atom is -0.497 e. The minimum absolute atomic E-state index is 0.115. The summed E-state index contributed by atoms with van der Waals surface area (Å²) in [5, 5.41) is 13.9. The first kappa shape index (κ1) is 22.5. The fourth-order valence-corrected chi connectivity index (χ4v) is 3.59. The van der Waals surface area contributed by atoms with Gasteiger partial charge in [-0.1, -0.05) is 12.1 Å². The van der Waals surface area contributed by atoms with Crippen LogP contribution in [0.3, 0.4) is 0 Å². The Hall–Kier alpha value is -3.19. The summed E-state index contributed by atoms with van der Waals surface area (Å²) >= 11 is 0. The van der Waals surface area contributed by atoms with Crippen molar-refractivity contribution in [1.82, 2.24) is 5.32 Å². The van der Waals surface area contributed by atoms with Crippen molar-refractivity contribution >= 4 is 16.9 Å². The molecule has 164 valence electrons. The van der Waals surface area contributed by atoms with Gasteiger partial charge < -0.3 is 19.6 Å². The summed E-state index contributed by atoms with van der Waals surface area (Å²) in [5.74, 6) is -0.00340. The molecule has 0 fully saturated rings. The first-order chi connectivity index (χ1) is 14.8. The Morgan fingerprint density at radius 3 is 2.61 bits per heavy atom. The molecule has 3 aromatic rings. The van der Waals surface area contributed by atoms with Crippen LogP contribution in [-0.2, 0) is 11.2 Å². The zero-order chi connectivity index (χ0) is 22.5. The highest BCUT2D eigenvalue weighted by Crippen LogP contribution is 2.24. The second-order valence-corrected chi connectivity index (χ2v) is 7.63. The topological polar surface area (TPSA) is 88.8 Å². The lowest BCUT2D eigenvalue weighted by atomic mass is 10.0. The summed E-state index contributed by atoms with van der Waals surface area (Å²) in [5.41, 5.74) is 1.81. The molecule has 0 bridgehead atoms. The zero-order valence-corrected chi connectivity index (χ0v) is 17.8. The van der Waals surface area contributed by atoms with Crippen LogP contribution in [-0.4, -0.2) is 24.2 Å². The fourth-order valence-electron chi connectivity index (χ4n) is 3.59. The highest BCUT2D eigenvalue weighted by Gasteiger charge is 2.17. The van der Waals surface area contributed by atoms with Gasteiger partial charge in [-0.05, 0) is 62.1 Å². The lowest BCUT2D eigenvalue weighted by Crippen LogP contribution is -2.34. The number of ether oxygens (including phenoxy) is 1. The number of nitrogens with one attached hydrogen (secondary N) is 1. The number of carbonyl (C=O) groups excluding carboxylic acids is 1. The highest BCUT2D eigenvalue weighted by atomic mass is 19.1. The number of fused-ring (bicyclic) bond motifs is 1. The number of hydrogen-bond acceptors (Lipinski definition) is 5. The molecule has 1 heterocycles. The second kappa shape index (κ2) is 9.75. The Balaban J connectivity index is 1.60. The third kappa shape index (κ3) is 5.49. The van der Waals surface area contributed by atoms with Crippen molar-refractivity contribution in [3.8, 4) is 5.75 Å². The number of halogens is 1. The van der Waals surface area contributed by atoms with Gasteiger partial charge in [-0.15, -0.1) is 0 Å². The SMILES string of the molecule is COc1ccc2c(C)c(CCC(=O)N[C@@H](C)C[C@H](O)c3ccc(F)cc3)c(=O)oc2c1. The Bertz CT molecular complexity index is 1120. The van der Waals surface area contributed by atoms with Crippen LogP contribution in [0.5, 0.6) is 5.75 Å². The van der Waals surface area contributed by atoms with Gasteiger partial charge in [0.1, 0.15) is 17.1 Å². The molecule has 2 N–H and O–H groups in total. The molecule has 0 radical (unpaired) electrons. The predicted molar refractivity (Wildman–Crippen MR) is 116 cm³/mol. The number of aliphatic hydroxyl groups is 1. The predicted octanol–water partition coefficient (Wildman–Crippen LogP) is 3.81. The van der Waals surface area contributed by atoms with E-state index in [1.807, 2.05) is 13.0 Å². The van der Waals surface area contributed by atoms with Crippen molar-refractivity contribution in [3.63, 3.8) is 0 Å². The molecule has 0 aliphatic carbocycles. The van der Waals surface area contributed by atoms with Crippen molar-refractivity contribution in [3.05, 3.63) is 75.4 Å². The molecule has 7 heteroatoms. The van der Waals surface area contributed by atoms with E-state index in [2.05, 4.69) is 5.32 Å². The van der Waals surface area contributed by atoms with E-state index >= 15 is 0 Å². The van der Waals surface area contributed by atoms with Crippen molar-refractivity contribution in [2.24, 2.45) is 0 Å². The van der Waals surface area contributed by atoms with Gasteiger partial charge in [0.25, 0.3) is 0 Å². The van der Waals surface area contributed by atoms with Crippen molar-refractivity contribution in [2.45, 2.75) is 45.3 Å². The molecule has 0 aliphatic rings. The third-order valence-corrected chi connectivity index (χ3v) is 5.34. The maximum Gasteiger partial charge on any atom is 0.339 e. The van der Waals surface area contributed by atoms with Crippen LogP contribution in [0.15, 0.2) is 51.7 Å². The standard InChI is InChI=1S/C24H26FNO5/c1-14(12-21(27)16-4-6-17(25)7-5-16)26-23(28)11-10-20-15(2)19-9-8-18(30-3)13-22(19)31-24(20)29/h4-9,13-14,21,27H,10-12H2,1-3H3,(H,26,28)/t14-,21-/m0/s1. The lowest BCUT2D eigenvalue weighted by Gasteiger charge is -2.18. The molecule has 0 spiro atoms. The number of aliphatic hydroxyl groups excluding tert-OH is 1. The fraction of sp³-hybridized carbons (Fsp3) is 0.333. The smallest absolute Gasteiger partial charge is 0.339 e. The quantitative estimate of drug-likeness (QED) is 0.534. The number of hydrogen-bond donors (Lipinski definition) is 2. The van der Waals surface area contributed by atoms with Gasteiger partial charge >= 0.3 is 5.63 Å². The first-order valence-electron chi connectivity index (χ1n) is 10.1. The average Bonchev–Trinajstić information content (AvgIpc) is 2.73. The van der Waals surface area contributed by atoms with E-state index in [1.54, 1.807) is 26.2 Å². The minimum atomic E-state index is -0.817. The van der Waals surface area contributed by atoms with Crippen LogP contribution in [0.1, 0.15) is 42.6 Å². The van der Waals surface area contributed by atoms with Gasteiger partial charge in [-0.25, -0.2) is 9.18 Å². The molecule has 1 amide bonds. The summed E-state index contributed by atoms with van der Waals surface area (Å²) in [4.78, 5) is 24.8. The second-order valence-electron chi connectivity index (χ2n) is 7.63. The molecular weight excluding hydrogens is 401 g/mol. The average molecular weight is 427 g/mol. The molecule has 0 saturated carbocycles. The lowest BCUT2D eigenvalue weighted by molar-refractivity contribution is -0.121. The number of amides is 1. The van der Waals surface area contributed by atoms with E-state index in [0.29, 0.717) is 22.5 Å². The molecule has 0 unspecified atom stereocenters. The Morgan fingerprint density at radius 2 is 1.94 bits per heavy atom. The molecule has 6 nitrogen and oxygen atoms in total. The molecule has 0 saturated heterocycles. The molecular formula is C24H26FNO5. The largest absolute Gasteiger partial charge is 0.497 e. The maximum atomic E-state index is 13.0. The first-order valence-corrected chi connectivity index (χ1v) is 10.1. The summed E-state index contributed by atoms with van der Waals surface area (Å²) in [6.07, 6.45) is -0.168. The van der Waals surface area contributed by atoms with E-state index in [-0.39, 0.29) is 37.0 Å². The summed E-state index contributed by atoms with van der Waals surface area (Å²) in [6.45, 7) is 3.62. The number of carbonyl (C=O) groups is 1. The van der Waals surface area contributed by atoms with Crippen LogP contribution in [0, 0.1) is 12.7 Å². The van der Waals surface area contributed by atoms with E-state index < -0.39 is 11.7 Å². The van der Waals surface area contributed by atoms with Crippen molar-refractivity contribution < 1.29 is 23.4 Å². The summed E-state index contributed by atoms with van der Waals surface area (Å²) < 4.78 is 23.6. The molecule has 2 aromatic carbocycles. The van der Waals surface area contributed by atoms with Crippen LogP contribution >= 0.6 is 0 Å². The number of methoxy groups -OCH3 is 1. The monoisotopic (exact) mass is 427 g/mol. The Labute approximate surface area is 179 Å². The van der Waals surface area contributed by atoms with Gasteiger partial charge in [0, 0.05) is 29.5 Å². The molecule has 2 atom stereocenters. The van der Waals surface area contributed by atoms with Crippen LogP contribution < -0.4 is 15.7 Å². The van der Waals surface area contributed by atoms with Crippen LogP contribution in [0.25, 0.3) is 11.0 Å². The van der Waals surface area contributed by atoms with E-state index in [1.165, 1.54) is 24.3 Å². The van der Waals surface area contributed by atoms with E-state index in [9.17, 15) is 19.1 Å². The number of benzene rings is 2.